The van der Waals surface area contributed by atoms with Crippen molar-refractivity contribution in [1.82, 2.24) is 9.97 Å². The fourth-order valence-electron chi connectivity index (χ4n) is 1.75. The zero-order valence-electron chi connectivity index (χ0n) is 10.5. The summed E-state index contributed by atoms with van der Waals surface area (Å²) in [5.41, 5.74) is 2.81. The number of aryl methyl sites for hydroxylation is 1. The van der Waals surface area contributed by atoms with Gasteiger partial charge in [0.05, 0.1) is 0 Å². The van der Waals surface area contributed by atoms with Crippen LogP contribution in [0.25, 0.3) is 0 Å². The topological polar surface area (TPSA) is 52.8 Å². The Morgan fingerprint density at radius 1 is 1.33 bits per heavy atom. The van der Waals surface area contributed by atoms with Gasteiger partial charge in [-0.2, -0.15) is 5.26 Å². The van der Waals surface area contributed by atoms with E-state index in [-0.39, 0.29) is 0 Å². The third kappa shape index (κ3) is 2.83. The van der Waals surface area contributed by atoms with Gasteiger partial charge in [0.2, 0.25) is 5.95 Å². The summed E-state index contributed by atoms with van der Waals surface area (Å²) in [7, 11) is 1.92. The van der Waals surface area contributed by atoms with E-state index in [1.54, 1.807) is 12.3 Å². The Labute approximate surface area is 107 Å². The average molecular weight is 238 g/mol. The highest BCUT2D eigenvalue weighted by Crippen LogP contribution is 2.11. The Kier molecular flexibility index (Phi) is 3.54. The number of hydrogen-bond donors (Lipinski definition) is 0. The third-order valence-corrected chi connectivity index (χ3v) is 2.60. The molecule has 0 fully saturated rings. The second-order valence-corrected chi connectivity index (χ2v) is 4.20. The molecule has 0 amide bonds. The Bertz CT molecular complexity index is 586. The quantitative estimate of drug-likeness (QED) is 0.823. The SMILES string of the molecule is Cc1cccc(CN(C)c2nccc(C#N)n2)c1. The number of rotatable bonds is 3. The molecule has 0 N–H and O–H groups in total. The highest BCUT2D eigenvalue weighted by Gasteiger charge is 2.06. The lowest BCUT2D eigenvalue weighted by Gasteiger charge is -2.17. The van der Waals surface area contributed by atoms with Crippen molar-refractivity contribution in [1.29, 1.82) is 5.26 Å². The van der Waals surface area contributed by atoms with Crippen LogP contribution >= 0.6 is 0 Å². The minimum atomic E-state index is 0.385. The van der Waals surface area contributed by atoms with Gasteiger partial charge in [0, 0.05) is 19.8 Å². The minimum Gasteiger partial charge on any atom is -0.340 e. The Morgan fingerprint density at radius 2 is 2.17 bits per heavy atom. The van der Waals surface area contributed by atoms with Gasteiger partial charge in [-0.05, 0) is 18.6 Å². The molecule has 4 heteroatoms. The van der Waals surface area contributed by atoms with E-state index in [0.29, 0.717) is 11.6 Å². The molecule has 1 heterocycles. The van der Waals surface area contributed by atoms with Gasteiger partial charge in [0.15, 0.2) is 0 Å². The largest absolute Gasteiger partial charge is 0.340 e. The maximum atomic E-state index is 8.81. The molecule has 2 rings (SSSR count). The summed E-state index contributed by atoms with van der Waals surface area (Å²) in [5.74, 6) is 0.565. The normalized spacial score (nSPS) is 9.83. The molecule has 0 saturated heterocycles. The van der Waals surface area contributed by atoms with E-state index in [0.717, 1.165) is 6.54 Å². The highest BCUT2D eigenvalue weighted by atomic mass is 15.2. The Morgan fingerprint density at radius 3 is 2.89 bits per heavy atom. The molecule has 1 aromatic heterocycles. The van der Waals surface area contributed by atoms with Crippen molar-refractivity contribution >= 4 is 5.95 Å². The number of nitrogens with zero attached hydrogens (tertiary/aromatic N) is 4. The molecule has 0 saturated carbocycles. The first-order chi connectivity index (χ1) is 8.69. The number of anilines is 1. The highest BCUT2D eigenvalue weighted by molar-refractivity contribution is 5.35. The lowest BCUT2D eigenvalue weighted by Crippen LogP contribution is -2.19. The standard InChI is InChI=1S/C14H14N4/c1-11-4-3-5-12(8-11)10-18(2)14-16-7-6-13(9-15)17-14/h3-8H,10H2,1-2H3. The molecule has 0 unspecified atom stereocenters. The molecular formula is C14H14N4. The van der Waals surface area contributed by atoms with Crippen molar-refractivity contribution in [2.24, 2.45) is 0 Å². The summed E-state index contributed by atoms with van der Waals surface area (Å²) in [4.78, 5) is 10.3. The molecule has 0 aliphatic heterocycles. The van der Waals surface area contributed by atoms with Crippen molar-refractivity contribution in [3.63, 3.8) is 0 Å². The predicted molar refractivity (Wildman–Crippen MR) is 70.0 cm³/mol. The van der Waals surface area contributed by atoms with Crippen LogP contribution in [0.3, 0.4) is 0 Å². The molecule has 0 radical (unpaired) electrons. The van der Waals surface area contributed by atoms with Crippen LogP contribution in [0, 0.1) is 18.3 Å². The molecule has 0 aliphatic carbocycles. The molecular weight excluding hydrogens is 224 g/mol. The van der Waals surface area contributed by atoms with Crippen LogP contribution in [0.4, 0.5) is 5.95 Å². The Hall–Kier alpha value is -2.41. The van der Waals surface area contributed by atoms with Crippen LogP contribution in [0.1, 0.15) is 16.8 Å². The van der Waals surface area contributed by atoms with Crippen molar-refractivity contribution in [3.8, 4) is 6.07 Å². The fourth-order valence-corrected chi connectivity index (χ4v) is 1.75. The van der Waals surface area contributed by atoms with E-state index in [9.17, 15) is 0 Å². The number of hydrogen-bond acceptors (Lipinski definition) is 4. The van der Waals surface area contributed by atoms with Crippen LogP contribution in [0.15, 0.2) is 36.5 Å². The van der Waals surface area contributed by atoms with Crippen molar-refractivity contribution < 1.29 is 0 Å². The molecule has 90 valence electrons. The number of nitriles is 1. The summed E-state index contributed by atoms with van der Waals surface area (Å²) in [6.07, 6.45) is 1.60. The Balaban J connectivity index is 2.17. The molecule has 4 nitrogen and oxygen atoms in total. The molecule has 0 aliphatic rings. The van der Waals surface area contributed by atoms with E-state index in [2.05, 4.69) is 35.1 Å². The number of aromatic nitrogens is 2. The summed E-state index contributed by atoms with van der Waals surface area (Å²) < 4.78 is 0. The first-order valence-electron chi connectivity index (χ1n) is 5.69. The lowest BCUT2D eigenvalue weighted by molar-refractivity contribution is 0.863. The fraction of sp³-hybridized carbons (Fsp3) is 0.214. The van der Waals surface area contributed by atoms with Gasteiger partial charge in [-0.15, -0.1) is 0 Å². The first-order valence-corrected chi connectivity index (χ1v) is 5.69. The van der Waals surface area contributed by atoms with E-state index in [1.165, 1.54) is 11.1 Å². The van der Waals surface area contributed by atoms with Gasteiger partial charge in [0.25, 0.3) is 0 Å². The monoisotopic (exact) mass is 238 g/mol. The molecule has 18 heavy (non-hydrogen) atoms. The predicted octanol–water partition coefficient (Wildman–Crippen LogP) is 2.29. The summed E-state index contributed by atoms with van der Waals surface area (Å²) in [6, 6.07) is 11.9. The molecule has 0 bridgehead atoms. The molecule has 0 atom stereocenters. The van der Waals surface area contributed by atoms with E-state index in [1.807, 2.05) is 24.1 Å². The van der Waals surface area contributed by atoms with Crippen molar-refractivity contribution in [2.75, 3.05) is 11.9 Å². The minimum absolute atomic E-state index is 0.385. The van der Waals surface area contributed by atoms with Crippen LogP contribution in [-0.2, 0) is 6.54 Å². The summed E-state index contributed by atoms with van der Waals surface area (Å²) in [5, 5.41) is 8.81. The smallest absolute Gasteiger partial charge is 0.226 e. The van der Waals surface area contributed by atoms with Gasteiger partial charge in [0.1, 0.15) is 11.8 Å². The zero-order chi connectivity index (χ0) is 13.0. The number of benzene rings is 1. The first kappa shape index (κ1) is 12.1. The summed E-state index contributed by atoms with van der Waals surface area (Å²) in [6.45, 7) is 2.78. The van der Waals surface area contributed by atoms with Gasteiger partial charge >= 0.3 is 0 Å². The van der Waals surface area contributed by atoms with Crippen LogP contribution in [0.5, 0.6) is 0 Å². The van der Waals surface area contributed by atoms with Gasteiger partial charge < -0.3 is 4.90 Å². The van der Waals surface area contributed by atoms with E-state index >= 15 is 0 Å². The maximum absolute atomic E-state index is 8.81. The van der Waals surface area contributed by atoms with Gasteiger partial charge in [-0.3, -0.25) is 0 Å². The average Bonchev–Trinajstić information content (AvgIpc) is 2.39. The summed E-state index contributed by atoms with van der Waals surface area (Å²) >= 11 is 0. The molecule has 2 aromatic rings. The molecule has 1 aromatic carbocycles. The van der Waals surface area contributed by atoms with Crippen molar-refractivity contribution in [2.45, 2.75) is 13.5 Å². The molecule has 0 spiro atoms. The van der Waals surface area contributed by atoms with Crippen LogP contribution < -0.4 is 4.90 Å². The van der Waals surface area contributed by atoms with Crippen molar-refractivity contribution in [3.05, 3.63) is 53.3 Å². The van der Waals surface area contributed by atoms with Gasteiger partial charge in [-0.1, -0.05) is 29.8 Å². The second-order valence-electron chi connectivity index (χ2n) is 4.20. The van der Waals surface area contributed by atoms with E-state index < -0.39 is 0 Å². The van der Waals surface area contributed by atoms with Crippen LogP contribution in [0.2, 0.25) is 0 Å². The lowest BCUT2D eigenvalue weighted by atomic mass is 10.1. The second kappa shape index (κ2) is 5.28. The third-order valence-electron chi connectivity index (χ3n) is 2.60. The zero-order valence-corrected chi connectivity index (χ0v) is 10.5. The van der Waals surface area contributed by atoms with Gasteiger partial charge in [-0.25, -0.2) is 9.97 Å². The maximum Gasteiger partial charge on any atom is 0.226 e. The van der Waals surface area contributed by atoms with E-state index in [4.69, 9.17) is 5.26 Å². The van der Waals surface area contributed by atoms with Crippen LogP contribution in [-0.4, -0.2) is 17.0 Å².